The van der Waals surface area contributed by atoms with Crippen LogP contribution >= 0.6 is 0 Å². The van der Waals surface area contributed by atoms with Crippen molar-refractivity contribution in [1.29, 1.82) is 0 Å². The molecule has 0 bridgehead atoms. The molecule has 180 valence electrons. The van der Waals surface area contributed by atoms with Gasteiger partial charge < -0.3 is 25.6 Å². The van der Waals surface area contributed by atoms with E-state index in [0.717, 1.165) is 11.1 Å². The molecule has 1 atom stereocenters. The first-order valence-electron chi connectivity index (χ1n) is 11.7. The number of fused-ring (bicyclic) bond motifs is 3. The third-order valence-electron chi connectivity index (χ3n) is 6.80. The molecule has 2 amide bonds. The van der Waals surface area contributed by atoms with Crippen LogP contribution in [0.4, 0.5) is 4.79 Å². The summed E-state index contributed by atoms with van der Waals surface area (Å²) in [5, 5.41) is 23.5. The summed E-state index contributed by atoms with van der Waals surface area (Å²) in [6, 6.07) is 15.2. The number of carboxylic acids is 1. The van der Waals surface area contributed by atoms with Crippen LogP contribution in [0, 0.1) is 5.92 Å². The summed E-state index contributed by atoms with van der Waals surface area (Å²) in [7, 11) is 0. The van der Waals surface area contributed by atoms with Gasteiger partial charge in [0.25, 0.3) is 0 Å². The maximum Gasteiger partial charge on any atom is 0.407 e. The predicted molar refractivity (Wildman–Crippen MR) is 125 cm³/mol. The van der Waals surface area contributed by atoms with Gasteiger partial charge in [-0.1, -0.05) is 48.5 Å². The first-order chi connectivity index (χ1) is 16.5. The molecule has 2 aliphatic carbocycles. The van der Waals surface area contributed by atoms with E-state index in [4.69, 9.17) is 14.9 Å². The third-order valence-corrected chi connectivity index (χ3v) is 6.80. The molecule has 8 heteroatoms. The second-order valence-corrected chi connectivity index (χ2v) is 8.93. The molecule has 1 saturated carbocycles. The molecule has 0 heterocycles. The highest BCUT2D eigenvalue weighted by molar-refractivity contribution is 5.85. The van der Waals surface area contributed by atoms with Gasteiger partial charge in [0.1, 0.15) is 12.6 Å². The molecular formula is C26H30N2O6. The lowest BCUT2D eigenvalue weighted by Gasteiger charge is -2.29. The van der Waals surface area contributed by atoms with E-state index < -0.39 is 18.1 Å². The number of nitrogens with one attached hydrogen (secondary N) is 2. The summed E-state index contributed by atoms with van der Waals surface area (Å²) >= 11 is 0. The van der Waals surface area contributed by atoms with Crippen LogP contribution < -0.4 is 10.6 Å². The Kier molecular flexibility index (Phi) is 7.47. The van der Waals surface area contributed by atoms with Crippen LogP contribution in [0.1, 0.15) is 49.1 Å². The standard InChI is InChI=1S/C26H30N2O6/c29-14-13-23(25(31)32)28-24(30)16-9-11-17(12-10-16)27-26(33)34-15-22-20-7-3-1-5-18(20)19-6-2-4-8-21(19)22/h1-8,16-17,22-23,29H,9-15H2,(H,27,33)(H,28,30)(H,31,32). The monoisotopic (exact) mass is 466 g/mol. The van der Waals surface area contributed by atoms with Crippen molar-refractivity contribution in [3.05, 3.63) is 59.7 Å². The van der Waals surface area contributed by atoms with Crippen LogP contribution in [0.5, 0.6) is 0 Å². The Morgan fingerprint density at radius 3 is 2.09 bits per heavy atom. The number of hydrogen-bond donors (Lipinski definition) is 4. The van der Waals surface area contributed by atoms with Gasteiger partial charge in [-0.15, -0.1) is 0 Å². The second-order valence-electron chi connectivity index (χ2n) is 8.93. The summed E-state index contributed by atoms with van der Waals surface area (Å²) in [6.07, 6.45) is 1.82. The van der Waals surface area contributed by atoms with Crippen molar-refractivity contribution in [2.75, 3.05) is 13.2 Å². The van der Waals surface area contributed by atoms with Gasteiger partial charge in [0, 0.05) is 30.9 Å². The number of carboxylic acid groups (broad SMARTS) is 1. The molecule has 0 aliphatic heterocycles. The second kappa shape index (κ2) is 10.7. The number of hydrogen-bond acceptors (Lipinski definition) is 5. The van der Waals surface area contributed by atoms with E-state index in [-0.39, 0.29) is 43.4 Å². The Bertz CT molecular complexity index is 1000. The topological polar surface area (TPSA) is 125 Å². The zero-order valence-corrected chi connectivity index (χ0v) is 18.9. The summed E-state index contributed by atoms with van der Waals surface area (Å²) < 4.78 is 5.60. The minimum Gasteiger partial charge on any atom is -0.480 e. The Morgan fingerprint density at radius 1 is 0.941 bits per heavy atom. The molecule has 8 nitrogen and oxygen atoms in total. The minimum atomic E-state index is -1.16. The molecule has 1 unspecified atom stereocenters. The van der Waals surface area contributed by atoms with Crippen molar-refractivity contribution < 1.29 is 29.3 Å². The first kappa shape index (κ1) is 23.8. The van der Waals surface area contributed by atoms with Gasteiger partial charge in [0.2, 0.25) is 5.91 Å². The fourth-order valence-corrected chi connectivity index (χ4v) is 4.98. The van der Waals surface area contributed by atoms with Gasteiger partial charge in [0.05, 0.1) is 0 Å². The van der Waals surface area contributed by atoms with E-state index >= 15 is 0 Å². The van der Waals surface area contributed by atoms with Crippen molar-refractivity contribution in [2.24, 2.45) is 5.92 Å². The number of carbonyl (C=O) groups is 3. The number of aliphatic hydroxyl groups is 1. The molecule has 0 spiro atoms. The number of rotatable bonds is 8. The maximum absolute atomic E-state index is 12.5. The summed E-state index contributed by atoms with van der Waals surface area (Å²) in [5.74, 6) is -1.78. The highest BCUT2D eigenvalue weighted by atomic mass is 16.5. The third kappa shape index (κ3) is 5.22. The highest BCUT2D eigenvalue weighted by Crippen LogP contribution is 2.44. The number of aliphatic hydroxyl groups excluding tert-OH is 1. The molecule has 4 N–H and O–H groups in total. The van der Waals surface area contributed by atoms with E-state index in [1.807, 2.05) is 24.3 Å². The summed E-state index contributed by atoms with van der Waals surface area (Å²) in [6.45, 7) is -0.0624. The lowest BCUT2D eigenvalue weighted by atomic mass is 9.85. The van der Waals surface area contributed by atoms with Crippen LogP contribution in [0.2, 0.25) is 0 Å². The van der Waals surface area contributed by atoms with Gasteiger partial charge in [-0.2, -0.15) is 0 Å². The van der Waals surface area contributed by atoms with E-state index in [2.05, 4.69) is 34.9 Å². The summed E-state index contributed by atoms with van der Waals surface area (Å²) in [4.78, 5) is 36.1. The molecule has 1 fully saturated rings. The Morgan fingerprint density at radius 2 is 1.53 bits per heavy atom. The zero-order chi connectivity index (χ0) is 24.1. The lowest BCUT2D eigenvalue weighted by molar-refractivity contribution is -0.143. The van der Waals surface area contributed by atoms with Crippen molar-refractivity contribution in [3.8, 4) is 11.1 Å². The number of alkyl carbamates (subject to hydrolysis) is 1. The SMILES string of the molecule is O=C(NC1CCC(C(=O)NC(CCO)C(=O)O)CC1)OCC1c2ccccc2-c2ccccc21. The van der Waals surface area contributed by atoms with Crippen molar-refractivity contribution >= 4 is 18.0 Å². The summed E-state index contributed by atoms with van der Waals surface area (Å²) in [5.41, 5.74) is 4.66. The van der Waals surface area contributed by atoms with Crippen LogP contribution in [0.3, 0.4) is 0 Å². The molecular weight excluding hydrogens is 436 g/mol. The maximum atomic E-state index is 12.5. The van der Waals surface area contributed by atoms with Crippen LogP contribution in [-0.2, 0) is 14.3 Å². The molecule has 0 radical (unpaired) electrons. The molecule has 0 saturated heterocycles. The number of benzene rings is 2. The van der Waals surface area contributed by atoms with Crippen molar-refractivity contribution in [2.45, 2.75) is 50.1 Å². The number of carbonyl (C=O) groups excluding carboxylic acids is 2. The van der Waals surface area contributed by atoms with Gasteiger partial charge in [0.15, 0.2) is 0 Å². The minimum absolute atomic E-state index is 0.00122. The lowest BCUT2D eigenvalue weighted by Crippen LogP contribution is -2.46. The van der Waals surface area contributed by atoms with Gasteiger partial charge in [-0.05, 0) is 47.9 Å². The van der Waals surface area contributed by atoms with E-state index in [1.165, 1.54) is 11.1 Å². The number of aliphatic carboxylic acids is 1. The Hall–Kier alpha value is -3.39. The zero-order valence-electron chi connectivity index (χ0n) is 18.9. The molecule has 2 aromatic rings. The predicted octanol–water partition coefficient (Wildman–Crippen LogP) is 3.04. The normalized spacial score (nSPS) is 20.0. The van der Waals surface area contributed by atoms with Gasteiger partial charge in [-0.25, -0.2) is 9.59 Å². The molecule has 2 aliphatic rings. The number of amides is 2. The van der Waals surface area contributed by atoms with Crippen LogP contribution in [0.15, 0.2) is 48.5 Å². The Balaban J connectivity index is 1.25. The quantitative estimate of drug-likeness (QED) is 0.474. The van der Waals surface area contributed by atoms with Crippen LogP contribution in [-0.4, -0.2) is 53.5 Å². The van der Waals surface area contributed by atoms with E-state index in [0.29, 0.717) is 25.7 Å². The van der Waals surface area contributed by atoms with Gasteiger partial charge >= 0.3 is 12.1 Å². The highest BCUT2D eigenvalue weighted by Gasteiger charge is 2.31. The Labute approximate surface area is 198 Å². The molecule has 34 heavy (non-hydrogen) atoms. The number of ether oxygens (including phenoxy) is 1. The average Bonchev–Trinajstić information content (AvgIpc) is 3.16. The fraction of sp³-hybridized carbons (Fsp3) is 0.423. The van der Waals surface area contributed by atoms with Crippen molar-refractivity contribution in [3.63, 3.8) is 0 Å². The molecule has 4 rings (SSSR count). The molecule has 2 aromatic carbocycles. The molecule has 0 aromatic heterocycles. The van der Waals surface area contributed by atoms with Crippen LogP contribution in [0.25, 0.3) is 11.1 Å². The van der Waals surface area contributed by atoms with Crippen molar-refractivity contribution in [1.82, 2.24) is 10.6 Å². The van der Waals surface area contributed by atoms with E-state index in [1.54, 1.807) is 0 Å². The first-order valence-corrected chi connectivity index (χ1v) is 11.7. The largest absolute Gasteiger partial charge is 0.480 e. The fourth-order valence-electron chi connectivity index (χ4n) is 4.98. The smallest absolute Gasteiger partial charge is 0.407 e. The van der Waals surface area contributed by atoms with Gasteiger partial charge in [-0.3, -0.25) is 4.79 Å². The van der Waals surface area contributed by atoms with E-state index in [9.17, 15) is 14.4 Å². The average molecular weight is 467 g/mol.